The Morgan fingerprint density at radius 2 is 2.00 bits per heavy atom. The van der Waals surface area contributed by atoms with Gasteiger partial charge in [0, 0.05) is 23.5 Å². The Morgan fingerprint density at radius 1 is 1.25 bits per heavy atom. The number of benzene rings is 1. The number of hydrogen-bond donors (Lipinski definition) is 2. The van der Waals surface area contributed by atoms with Gasteiger partial charge in [-0.1, -0.05) is 36.8 Å². The quantitative estimate of drug-likeness (QED) is 0.867. The molecule has 1 aromatic heterocycles. The van der Waals surface area contributed by atoms with Gasteiger partial charge < -0.3 is 10.2 Å². The van der Waals surface area contributed by atoms with Gasteiger partial charge in [0.05, 0.1) is 5.69 Å². The van der Waals surface area contributed by atoms with Crippen molar-refractivity contribution in [3.63, 3.8) is 0 Å². The molecular weight excluding hydrogens is 320 g/mol. The third-order valence-corrected chi connectivity index (χ3v) is 4.91. The molecule has 0 radical (unpaired) electrons. The van der Waals surface area contributed by atoms with Crippen molar-refractivity contribution in [3.8, 4) is 11.3 Å². The lowest BCUT2D eigenvalue weighted by atomic mass is 10.1. The predicted octanol–water partition coefficient (Wildman–Crippen LogP) is 3.81. The molecular formula is C18H24N4OS. The highest BCUT2D eigenvalue weighted by Crippen LogP contribution is 2.24. The molecule has 1 fully saturated rings. The van der Waals surface area contributed by atoms with E-state index in [4.69, 9.17) is 0 Å². The number of urea groups is 1. The molecule has 0 spiro atoms. The zero-order valence-electron chi connectivity index (χ0n) is 14.0. The Hall–Kier alpha value is -1.92. The van der Waals surface area contributed by atoms with Crippen molar-refractivity contribution in [2.24, 2.45) is 0 Å². The normalized spacial score (nSPS) is 16.5. The number of hydrogen-bond acceptors (Lipinski definition) is 4. The highest BCUT2D eigenvalue weighted by molar-refractivity contribution is 7.14. The molecule has 1 saturated heterocycles. The average Bonchev–Trinajstić information content (AvgIpc) is 3.04. The van der Waals surface area contributed by atoms with Gasteiger partial charge in [0.1, 0.15) is 0 Å². The first-order valence-electron chi connectivity index (χ1n) is 8.51. The van der Waals surface area contributed by atoms with Crippen LogP contribution in [-0.4, -0.2) is 41.6 Å². The molecule has 1 atom stereocenters. The van der Waals surface area contributed by atoms with Gasteiger partial charge in [-0.3, -0.25) is 5.32 Å². The van der Waals surface area contributed by atoms with Crippen molar-refractivity contribution in [1.82, 2.24) is 15.2 Å². The number of amides is 2. The zero-order valence-corrected chi connectivity index (χ0v) is 14.8. The Balaban J connectivity index is 1.49. The summed E-state index contributed by atoms with van der Waals surface area (Å²) in [6.07, 6.45) is 3.85. The van der Waals surface area contributed by atoms with Crippen LogP contribution in [0.3, 0.4) is 0 Å². The minimum Gasteiger partial charge on any atom is -0.334 e. The van der Waals surface area contributed by atoms with Crippen LogP contribution in [0.4, 0.5) is 9.93 Å². The van der Waals surface area contributed by atoms with Crippen LogP contribution in [0.25, 0.3) is 11.3 Å². The lowest BCUT2D eigenvalue weighted by Crippen LogP contribution is -2.45. The number of rotatable bonds is 5. The van der Waals surface area contributed by atoms with Crippen molar-refractivity contribution < 1.29 is 4.79 Å². The van der Waals surface area contributed by atoms with Crippen LogP contribution in [0, 0.1) is 0 Å². The van der Waals surface area contributed by atoms with Crippen molar-refractivity contribution >= 4 is 22.5 Å². The summed E-state index contributed by atoms with van der Waals surface area (Å²) in [6, 6.07) is 9.91. The van der Waals surface area contributed by atoms with Crippen LogP contribution in [0.1, 0.15) is 26.2 Å². The number of carbonyl (C=O) groups is 1. The van der Waals surface area contributed by atoms with E-state index in [1.54, 1.807) is 0 Å². The van der Waals surface area contributed by atoms with Crippen LogP contribution in [0.2, 0.25) is 0 Å². The van der Waals surface area contributed by atoms with E-state index in [9.17, 15) is 4.79 Å². The Morgan fingerprint density at radius 3 is 2.75 bits per heavy atom. The van der Waals surface area contributed by atoms with E-state index in [0.717, 1.165) is 30.9 Å². The first kappa shape index (κ1) is 16.9. The molecule has 2 amide bonds. The van der Waals surface area contributed by atoms with Gasteiger partial charge in [-0.05, 0) is 32.9 Å². The molecule has 2 aromatic rings. The summed E-state index contributed by atoms with van der Waals surface area (Å²) >= 11 is 1.44. The molecule has 0 unspecified atom stereocenters. The number of nitrogens with one attached hydrogen (secondary N) is 2. The maximum atomic E-state index is 12.1. The van der Waals surface area contributed by atoms with Crippen molar-refractivity contribution in [2.45, 2.75) is 32.2 Å². The average molecular weight is 344 g/mol. The van der Waals surface area contributed by atoms with Crippen molar-refractivity contribution in [3.05, 3.63) is 35.7 Å². The molecule has 1 aromatic carbocycles. The van der Waals surface area contributed by atoms with Gasteiger partial charge in [0.15, 0.2) is 5.13 Å². The third-order valence-electron chi connectivity index (χ3n) is 4.15. The lowest BCUT2D eigenvalue weighted by Gasteiger charge is -2.29. The van der Waals surface area contributed by atoms with E-state index in [2.05, 4.69) is 20.5 Å². The fraction of sp³-hybridized carbons (Fsp3) is 0.444. The van der Waals surface area contributed by atoms with Gasteiger partial charge in [0.25, 0.3) is 0 Å². The Kier molecular flexibility index (Phi) is 5.82. The molecule has 3 rings (SSSR count). The number of piperidine rings is 1. The monoisotopic (exact) mass is 344 g/mol. The summed E-state index contributed by atoms with van der Waals surface area (Å²) in [4.78, 5) is 19.0. The number of nitrogens with zero attached hydrogens (tertiary/aromatic N) is 2. The maximum absolute atomic E-state index is 12.1. The first-order chi connectivity index (χ1) is 11.7. The molecule has 6 heteroatoms. The molecule has 128 valence electrons. The summed E-state index contributed by atoms with van der Waals surface area (Å²) in [7, 11) is 0. The second kappa shape index (κ2) is 8.26. The van der Waals surface area contributed by atoms with E-state index < -0.39 is 0 Å². The highest BCUT2D eigenvalue weighted by atomic mass is 32.1. The molecule has 1 aliphatic heterocycles. The molecule has 0 saturated carbocycles. The number of likely N-dealkylation sites (tertiary alicyclic amines) is 1. The Bertz CT molecular complexity index is 652. The molecule has 24 heavy (non-hydrogen) atoms. The van der Waals surface area contributed by atoms with Gasteiger partial charge in [-0.2, -0.15) is 0 Å². The van der Waals surface area contributed by atoms with E-state index in [1.807, 2.05) is 42.6 Å². The van der Waals surface area contributed by atoms with Crippen LogP contribution < -0.4 is 10.6 Å². The first-order valence-corrected chi connectivity index (χ1v) is 9.39. The van der Waals surface area contributed by atoms with Crippen LogP contribution in [-0.2, 0) is 0 Å². The topological polar surface area (TPSA) is 57.3 Å². The second-order valence-corrected chi connectivity index (χ2v) is 7.12. The van der Waals surface area contributed by atoms with Crippen molar-refractivity contribution in [2.75, 3.05) is 25.0 Å². The van der Waals surface area contributed by atoms with E-state index in [0.29, 0.717) is 5.13 Å². The molecule has 5 nitrogen and oxygen atoms in total. The fourth-order valence-electron chi connectivity index (χ4n) is 3.00. The standard InChI is InChI=1S/C18H24N4OS/c1-14(12-22-10-6-3-7-11-22)19-17(23)21-18-20-16(13-24-18)15-8-4-2-5-9-15/h2,4-5,8-9,13-14H,3,6-7,10-12H2,1H3,(H2,19,20,21,23)/t14-/m0/s1. The van der Waals surface area contributed by atoms with Crippen molar-refractivity contribution in [1.29, 1.82) is 0 Å². The van der Waals surface area contributed by atoms with Gasteiger partial charge in [0.2, 0.25) is 0 Å². The molecule has 0 bridgehead atoms. The van der Waals surface area contributed by atoms with Gasteiger partial charge >= 0.3 is 6.03 Å². The van der Waals surface area contributed by atoms with Gasteiger partial charge in [-0.15, -0.1) is 11.3 Å². The summed E-state index contributed by atoms with van der Waals surface area (Å²) in [6.45, 7) is 5.23. The summed E-state index contributed by atoms with van der Waals surface area (Å²) in [5.41, 5.74) is 1.94. The number of aromatic nitrogens is 1. The summed E-state index contributed by atoms with van der Waals surface area (Å²) < 4.78 is 0. The minimum atomic E-state index is -0.187. The smallest absolute Gasteiger partial charge is 0.321 e. The number of carbonyl (C=O) groups excluding carboxylic acids is 1. The minimum absolute atomic E-state index is 0.122. The Labute approximate surface area is 147 Å². The lowest BCUT2D eigenvalue weighted by molar-refractivity contribution is 0.206. The number of anilines is 1. The maximum Gasteiger partial charge on any atom is 0.321 e. The molecule has 2 N–H and O–H groups in total. The molecule has 1 aliphatic rings. The van der Waals surface area contributed by atoms with E-state index in [1.165, 1.54) is 30.6 Å². The second-order valence-electron chi connectivity index (χ2n) is 6.26. The van der Waals surface area contributed by atoms with Gasteiger partial charge in [-0.25, -0.2) is 9.78 Å². The molecule has 0 aliphatic carbocycles. The number of thiazole rings is 1. The van der Waals surface area contributed by atoms with E-state index >= 15 is 0 Å². The third kappa shape index (κ3) is 4.79. The largest absolute Gasteiger partial charge is 0.334 e. The SMILES string of the molecule is C[C@@H](CN1CCCCC1)NC(=O)Nc1nc(-c2ccccc2)cs1. The molecule has 2 heterocycles. The zero-order chi connectivity index (χ0) is 16.8. The van der Waals surface area contributed by atoms with Crippen LogP contribution >= 0.6 is 11.3 Å². The highest BCUT2D eigenvalue weighted by Gasteiger charge is 2.15. The fourth-order valence-corrected chi connectivity index (χ4v) is 3.72. The van der Waals surface area contributed by atoms with Crippen LogP contribution in [0.5, 0.6) is 0 Å². The van der Waals surface area contributed by atoms with Crippen LogP contribution in [0.15, 0.2) is 35.7 Å². The van der Waals surface area contributed by atoms with E-state index in [-0.39, 0.29) is 12.1 Å². The summed E-state index contributed by atoms with van der Waals surface area (Å²) in [5, 5.41) is 8.42. The summed E-state index contributed by atoms with van der Waals surface area (Å²) in [5.74, 6) is 0. The predicted molar refractivity (Wildman–Crippen MR) is 99.5 cm³/mol.